The minimum Gasteiger partial charge on any atom is -0.395 e. The number of hydrogen-bond acceptors (Lipinski definition) is 3. The lowest BCUT2D eigenvalue weighted by molar-refractivity contribution is -0.129. The van der Waals surface area contributed by atoms with Crippen LogP contribution in [0, 0.1) is 5.41 Å². The molecule has 0 unspecified atom stereocenters. The van der Waals surface area contributed by atoms with Gasteiger partial charge in [0.15, 0.2) is 0 Å². The van der Waals surface area contributed by atoms with Gasteiger partial charge in [0.05, 0.1) is 6.61 Å². The Morgan fingerprint density at radius 1 is 1.46 bits per heavy atom. The number of hydrogen-bond donors (Lipinski definition) is 2. The Bertz CT molecular complexity index is 221. The van der Waals surface area contributed by atoms with Crippen LogP contribution in [-0.2, 0) is 9.59 Å². The van der Waals surface area contributed by atoms with Crippen molar-refractivity contribution < 1.29 is 14.7 Å². The second-order valence-electron chi connectivity index (χ2n) is 3.59. The van der Waals surface area contributed by atoms with E-state index in [1.165, 1.54) is 6.92 Å². The minimum atomic E-state index is -0.362. The maximum Gasteiger partial charge on any atom is 0.221 e. The third-order valence-corrected chi connectivity index (χ3v) is 2.53. The Morgan fingerprint density at radius 3 is 2.46 bits per heavy atom. The Hall–Kier alpha value is -0.900. The van der Waals surface area contributed by atoms with Crippen molar-refractivity contribution in [1.82, 2.24) is 5.32 Å². The lowest BCUT2D eigenvalue weighted by Gasteiger charge is -2.10. The summed E-state index contributed by atoms with van der Waals surface area (Å²) in [6.07, 6.45) is 1.94. The molecule has 1 saturated carbocycles. The van der Waals surface area contributed by atoms with Gasteiger partial charge in [-0.15, -0.1) is 0 Å². The molecule has 0 atom stereocenters. The zero-order chi connectivity index (χ0) is 9.90. The van der Waals surface area contributed by atoms with Crippen LogP contribution in [0.3, 0.4) is 0 Å². The average Bonchev–Trinajstić information content (AvgIpc) is 2.82. The van der Waals surface area contributed by atoms with E-state index in [9.17, 15) is 9.59 Å². The molecule has 0 heterocycles. The number of nitrogens with one attached hydrogen (secondary N) is 1. The largest absolute Gasteiger partial charge is 0.395 e. The second kappa shape index (κ2) is 3.87. The van der Waals surface area contributed by atoms with Crippen molar-refractivity contribution in [3.8, 4) is 0 Å². The van der Waals surface area contributed by atoms with E-state index < -0.39 is 0 Å². The number of carbonyl (C=O) groups is 2. The first-order chi connectivity index (χ1) is 6.10. The monoisotopic (exact) mass is 185 g/mol. The van der Waals surface area contributed by atoms with E-state index in [4.69, 9.17) is 5.11 Å². The highest BCUT2D eigenvalue weighted by molar-refractivity contribution is 5.90. The van der Waals surface area contributed by atoms with E-state index in [-0.39, 0.29) is 36.7 Å². The molecule has 1 aliphatic carbocycles. The van der Waals surface area contributed by atoms with Gasteiger partial charge in [0.2, 0.25) is 5.91 Å². The van der Waals surface area contributed by atoms with Gasteiger partial charge < -0.3 is 10.4 Å². The number of rotatable bonds is 5. The molecular formula is C9H15NO3. The summed E-state index contributed by atoms with van der Waals surface area (Å²) in [6, 6.07) is 0. The van der Waals surface area contributed by atoms with Crippen molar-refractivity contribution in [3.63, 3.8) is 0 Å². The molecule has 74 valence electrons. The molecular weight excluding hydrogens is 170 g/mol. The topological polar surface area (TPSA) is 66.4 Å². The van der Waals surface area contributed by atoms with E-state index in [0.717, 1.165) is 12.8 Å². The Kier molecular flexibility index (Phi) is 3.03. The van der Waals surface area contributed by atoms with E-state index >= 15 is 0 Å². The zero-order valence-corrected chi connectivity index (χ0v) is 7.80. The number of ketones is 1. The van der Waals surface area contributed by atoms with Crippen molar-refractivity contribution in [1.29, 1.82) is 0 Å². The normalized spacial score (nSPS) is 18.0. The van der Waals surface area contributed by atoms with Gasteiger partial charge >= 0.3 is 0 Å². The molecule has 0 radical (unpaired) electrons. The summed E-state index contributed by atoms with van der Waals surface area (Å²) in [5.41, 5.74) is -0.362. The first-order valence-corrected chi connectivity index (χ1v) is 4.49. The van der Waals surface area contributed by atoms with Crippen molar-refractivity contribution in [2.45, 2.75) is 26.2 Å². The maximum absolute atomic E-state index is 11.2. The molecule has 0 aromatic carbocycles. The molecule has 0 saturated heterocycles. The molecule has 0 aromatic heterocycles. The molecule has 2 N–H and O–H groups in total. The summed E-state index contributed by atoms with van der Waals surface area (Å²) < 4.78 is 0. The van der Waals surface area contributed by atoms with Crippen molar-refractivity contribution >= 4 is 11.7 Å². The first kappa shape index (κ1) is 10.2. The predicted molar refractivity (Wildman–Crippen MR) is 47.1 cm³/mol. The van der Waals surface area contributed by atoms with Gasteiger partial charge in [-0.3, -0.25) is 9.59 Å². The summed E-state index contributed by atoms with van der Waals surface area (Å²) in [7, 11) is 0. The van der Waals surface area contributed by atoms with Gasteiger partial charge in [-0.1, -0.05) is 0 Å². The number of aliphatic hydroxyl groups excluding tert-OH is 1. The fourth-order valence-electron chi connectivity index (χ4n) is 1.37. The molecule has 0 bridgehead atoms. The Labute approximate surface area is 77.3 Å². The van der Waals surface area contributed by atoms with Crippen LogP contribution in [0.15, 0.2) is 0 Å². The molecule has 0 spiro atoms. The fraction of sp³-hybridized carbons (Fsp3) is 0.778. The highest BCUT2D eigenvalue weighted by Crippen LogP contribution is 2.49. The molecule has 1 amide bonds. The summed E-state index contributed by atoms with van der Waals surface area (Å²) in [5.74, 6) is -0.0339. The molecule has 1 fully saturated rings. The Morgan fingerprint density at radius 2 is 2.08 bits per heavy atom. The number of Topliss-reactive ketones (excluding diaryl/α,β-unsaturated/α-hetero) is 1. The zero-order valence-electron chi connectivity index (χ0n) is 7.80. The maximum atomic E-state index is 11.2. The number of carbonyl (C=O) groups excluding carboxylic acids is 2. The molecule has 4 nitrogen and oxygen atoms in total. The molecule has 0 aromatic rings. The number of amides is 1. The van der Waals surface area contributed by atoms with Crippen LogP contribution in [0.4, 0.5) is 0 Å². The van der Waals surface area contributed by atoms with Crippen LogP contribution in [-0.4, -0.2) is 29.9 Å². The minimum absolute atomic E-state index is 0.0567. The molecule has 13 heavy (non-hydrogen) atoms. The van der Waals surface area contributed by atoms with Crippen molar-refractivity contribution in [2.75, 3.05) is 13.2 Å². The quantitative estimate of drug-likeness (QED) is 0.626. The molecule has 1 rings (SSSR count). The Balaban J connectivity index is 2.32. The van der Waals surface area contributed by atoms with Crippen LogP contribution in [0.25, 0.3) is 0 Å². The lowest BCUT2D eigenvalue weighted by Crippen LogP contribution is -2.30. The van der Waals surface area contributed by atoms with Crippen LogP contribution >= 0.6 is 0 Å². The molecule has 1 aliphatic rings. The van der Waals surface area contributed by atoms with Crippen LogP contribution in [0.1, 0.15) is 26.2 Å². The second-order valence-corrected chi connectivity index (χ2v) is 3.59. The summed E-state index contributed by atoms with van der Waals surface area (Å²) >= 11 is 0. The third-order valence-electron chi connectivity index (χ3n) is 2.53. The van der Waals surface area contributed by atoms with Gasteiger partial charge in [-0.25, -0.2) is 0 Å². The van der Waals surface area contributed by atoms with Gasteiger partial charge in [0.25, 0.3) is 0 Å². The van der Waals surface area contributed by atoms with E-state index in [1.807, 2.05) is 0 Å². The third kappa shape index (κ3) is 2.52. The smallest absolute Gasteiger partial charge is 0.221 e. The average molecular weight is 185 g/mol. The van der Waals surface area contributed by atoms with Crippen LogP contribution < -0.4 is 5.32 Å². The standard InChI is InChI=1S/C9H15NO3/c1-7(12)9(2-3-9)6-8(13)10-4-5-11/h11H,2-6H2,1H3,(H,10,13). The summed E-state index contributed by atoms with van der Waals surface area (Å²) in [5, 5.41) is 11.0. The van der Waals surface area contributed by atoms with Gasteiger partial charge in [0, 0.05) is 18.4 Å². The van der Waals surface area contributed by atoms with Crippen molar-refractivity contribution in [3.05, 3.63) is 0 Å². The van der Waals surface area contributed by atoms with Crippen LogP contribution in [0.2, 0.25) is 0 Å². The van der Waals surface area contributed by atoms with Crippen molar-refractivity contribution in [2.24, 2.45) is 5.41 Å². The predicted octanol–water partition coefficient (Wildman–Crippen LogP) is -0.146. The van der Waals surface area contributed by atoms with E-state index in [2.05, 4.69) is 5.32 Å². The van der Waals surface area contributed by atoms with Gasteiger partial charge in [0.1, 0.15) is 5.78 Å². The summed E-state index contributed by atoms with van der Waals surface area (Å²) in [4.78, 5) is 22.3. The van der Waals surface area contributed by atoms with Gasteiger partial charge in [-0.2, -0.15) is 0 Å². The van der Waals surface area contributed by atoms with Crippen LogP contribution in [0.5, 0.6) is 0 Å². The highest BCUT2D eigenvalue weighted by Gasteiger charge is 2.48. The molecule has 4 heteroatoms. The fourth-order valence-corrected chi connectivity index (χ4v) is 1.37. The SMILES string of the molecule is CC(=O)C1(CC(=O)NCCO)CC1. The van der Waals surface area contributed by atoms with Gasteiger partial charge in [-0.05, 0) is 19.8 Å². The highest BCUT2D eigenvalue weighted by atomic mass is 16.3. The first-order valence-electron chi connectivity index (χ1n) is 4.49. The molecule has 0 aliphatic heterocycles. The van der Waals surface area contributed by atoms with E-state index in [0.29, 0.717) is 0 Å². The number of aliphatic hydroxyl groups is 1. The summed E-state index contributed by atoms with van der Waals surface area (Å²) in [6.45, 7) is 1.75. The van der Waals surface area contributed by atoms with E-state index in [1.54, 1.807) is 0 Å². The lowest BCUT2D eigenvalue weighted by atomic mass is 9.97.